The van der Waals surface area contributed by atoms with Crippen molar-refractivity contribution in [3.05, 3.63) is 45.8 Å². The van der Waals surface area contributed by atoms with E-state index in [0.717, 1.165) is 22.7 Å². The fourth-order valence-electron chi connectivity index (χ4n) is 1.47. The van der Waals surface area contributed by atoms with E-state index >= 15 is 0 Å². The fourth-order valence-corrected chi connectivity index (χ4v) is 3.26. The Morgan fingerprint density at radius 1 is 1.29 bits per heavy atom. The van der Waals surface area contributed by atoms with Gasteiger partial charge in [-0.2, -0.15) is 13.2 Å². The molecule has 110 valence electrons. The minimum atomic E-state index is -4.36. The summed E-state index contributed by atoms with van der Waals surface area (Å²) in [5.41, 5.74) is 0.0749. The van der Waals surface area contributed by atoms with E-state index in [1.165, 1.54) is 29.2 Å². The van der Waals surface area contributed by atoms with Gasteiger partial charge in [0.25, 0.3) is 0 Å². The molecule has 0 amide bonds. The van der Waals surface area contributed by atoms with Crippen LogP contribution in [-0.4, -0.2) is 16.7 Å². The van der Waals surface area contributed by atoms with Crippen molar-refractivity contribution in [2.45, 2.75) is 17.0 Å². The second-order valence-electron chi connectivity index (χ2n) is 3.89. The second-order valence-corrected chi connectivity index (χ2v) is 5.89. The van der Waals surface area contributed by atoms with Crippen molar-refractivity contribution < 1.29 is 18.3 Å². The molecule has 0 saturated heterocycles. The highest BCUT2D eigenvalue weighted by molar-refractivity contribution is 7.98. The monoisotopic (exact) mass is 329 g/mol. The van der Waals surface area contributed by atoms with Crippen molar-refractivity contribution in [2.24, 2.45) is 0 Å². The predicted molar refractivity (Wildman–Crippen MR) is 77.1 cm³/mol. The van der Waals surface area contributed by atoms with Crippen LogP contribution in [0.15, 0.2) is 34.8 Å². The summed E-state index contributed by atoms with van der Waals surface area (Å²) in [6.07, 6.45) is -3.53. The topological polar surface area (TPSA) is 33.1 Å². The molecule has 0 atom stereocenters. The standard InChI is InChI=1S/C14H10F3NOS2/c15-14(16,17)11-3-4-13(18-8-11)21-9-12-10(2-1-6-19)5-7-20-12/h3-5,7-8,19H,6,9H2. The molecule has 2 aromatic heterocycles. The molecular formula is C14H10F3NOS2. The molecule has 7 heteroatoms. The van der Waals surface area contributed by atoms with Gasteiger partial charge in [-0.3, -0.25) is 0 Å². The van der Waals surface area contributed by atoms with E-state index in [9.17, 15) is 13.2 Å². The summed E-state index contributed by atoms with van der Waals surface area (Å²) in [5, 5.41) is 11.1. The zero-order chi connectivity index (χ0) is 15.3. The van der Waals surface area contributed by atoms with E-state index < -0.39 is 11.7 Å². The molecule has 2 rings (SSSR count). The Labute approximate surface area is 128 Å². The van der Waals surface area contributed by atoms with Gasteiger partial charge < -0.3 is 5.11 Å². The van der Waals surface area contributed by atoms with Gasteiger partial charge in [-0.25, -0.2) is 4.98 Å². The average Bonchev–Trinajstić information content (AvgIpc) is 2.90. The number of thioether (sulfide) groups is 1. The molecule has 1 N–H and O–H groups in total. The zero-order valence-corrected chi connectivity index (χ0v) is 12.3. The Bertz CT molecular complexity index is 653. The van der Waals surface area contributed by atoms with Crippen LogP contribution in [0.5, 0.6) is 0 Å². The molecule has 0 fully saturated rings. The summed E-state index contributed by atoms with van der Waals surface area (Å²) in [4.78, 5) is 4.81. The van der Waals surface area contributed by atoms with Crippen molar-refractivity contribution in [1.82, 2.24) is 4.98 Å². The van der Waals surface area contributed by atoms with Gasteiger partial charge in [-0.15, -0.1) is 23.1 Å². The normalized spacial score (nSPS) is 11.0. The lowest BCUT2D eigenvalue weighted by Crippen LogP contribution is -2.05. The molecule has 21 heavy (non-hydrogen) atoms. The van der Waals surface area contributed by atoms with Crippen molar-refractivity contribution in [1.29, 1.82) is 0 Å². The Morgan fingerprint density at radius 3 is 2.71 bits per heavy atom. The molecule has 0 aliphatic heterocycles. The second kappa shape index (κ2) is 6.98. The Kier molecular flexibility index (Phi) is 5.28. The van der Waals surface area contributed by atoms with Crippen LogP contribution < -0.4 is 0 Å². The number of aliphatic hydroxyl groups excluding tert-OH is 1. The van der Waals surface area contributed by atoms with E-state index in [-0.39, 0.29) is 6.61 Å². The molecule has 0 radical (unpaired) electrons. The highest BCUT2D eigenvalue weighted by atomic mass is 32.2. The number of thiophene rings is 1. The van der Waals surface area contributed by atoms with Crippen LogP contribution in [0.25, 0.3) is 0 Å². The van der Waals surface area contributed by atoms with Gasteiger partial charge in [0.05, 0.1) is 10.6 Å². The summed E-state index contributed by atoms with van der Waals surface area (Å²) in [6, 6.07) is 4.24. The quantitative estimate of drug-likeness (QED) is 0.687. The van der Waals surface area contributed by atoms with Gasteiger partial charge in [0.2, 0.25) is 0 Å². The van der Waals surface area contributed by atoms with Crippen molar-refractivity contribution in [3.8, 4) is 11.8 Å². The van der Waals surface area contributed by atoms with E-state index in [1.54, 1.807) is 0 Å². The molecule has 0 bridgehead atoms. The first kappa shape index (κ1) is 15.9. The first-order valence-electron chi connectivity index (χ1n) is 5.83. The highest BCUT2D eigenvalue weighted by Gasteiger charge is 2.30. The van der Waals surface area contributed by atoms with Crippen LogP contribution in [0.2, 0.25) is 0 Å². The predicted octanol–water partition coefficient (Wildman–Crippen LogP) is 3.80. The smallest absolute Gasteiger partial charge is 0.384 e. The number of halogens is 3. The van der Waals surface area contributed by atoms with Crippen LogP contribution in [0, 0.1) is 11.8 Å². The third kappa shape index (κ3) is 4.49. The Balaban J connectivity index is 2.02. The Morgan fingerprint density at radius 2 is 2.10 bits per heavy atom. The molecule has 2 aromatic rings. The highest BCUT2D eigenvalue weighted by Crippen LogP contribution is 2.31. The zero-order valence-electron chi connectivity index (χ0n) is 10.6. The number of hydrogen-bond acceptors (Lipinski definition) is 4. The lowest BCUT2D eigenvalue weighted by molar-refractivity contribution is -0.137. The van der Waals surface area contributed by atoms with Crippen LogP contribution in [0.3, 0.4) is 0 Å². The van der Waals surface area contributed by atoms with Gasteiger partial charge in [0.1, 0.15) is 6.61 Å². The van der Waals surface area contributed by atoms with Gasteiger partial charge in [-0.1, -0.05) is 11.8 Å². The third-order valence-electron chi connectivity index (χ3n) is 2.46. The summed E-state index contributed by atoms with van der Waals surface area (Å²) >= 11 is 2.86. The molecule has 0 aromatic carbocycles. The third-order valence-corrected chi connectivity index (χ3v) is 4.54. The van der Waals surface area contributed by atoms with Gasteiger partial charge >= 0.3 is 6.18 Å². The molecule has 2 nitrogen and oxygen atoms in total. The minimum Gasteiger partial charge on any atom is -0.384 e. The minimum absolute atomic E-state index is 0.205. The van der Waals surface area contributed by atoms with Crippen LogP contribution in [0.1, 0.15) is 16.0 Å². The summed E-state index contributed by atoms with van der Waals surface area (Å²) in [7, 11) is 0. The lowest BCUT2D eigenvalue weighted by Gasteiger charge is -2.06. The maximum Gasteiger partial charge on any atom is 0.417 e. The summed E-state index contributed by atoms with van der Waals surface area (Å²) < 4.78 is 37.3. The molecule has 0 aliphatic rings. The lowest BCUT2D eigenvalue weighted by atomic mass is 10.3. The molecule has 0 unspecified atom stereocenters. The summed E-state index contributed by atoms with van der Waals surface area (Å²) in [6.45, 7) is -0.205. The number of aromatic nitrogens is 1. The van der Waals surface area contributed by atoms with E-state index in [4.69, 9.17) is 5.11 Å². The van der Waals surface area contributed by atoms with E-state index in [1.807, 2.05) is 11.4 Å². The number of rotatable bonds is 3. The fraction of sp³-hybridized carbons (Fsp3) is 0.214. The average molecular weight is 329 g/mol. The molecule has 2 heterocycles. The Hall–Kier alpha value is -1.49. The summed E-state index contributed by atoms with van der Waals surface area (Å²) in [5.74, 6) is 5.99. The van der Waals surface area contributed by atoms with E-state index in [0.29, 0.717) is 10.8 Å². The molecule has 0 saturated carbocycles. The number of alkyl halides is 3. The first-order valence-corrected chi connectivity index (χ1v) is 7.69. The largest absolute Gasteiger partial charge is 0.417 e. The van der Waals surface area contributed by atoms with Crippen molar-refractivity contribution >= 4 is 23.1 Å². The molecule has 0 spiro atoms. The number of nitrogens with zero attached hydrogens (tertiary/aromatic N) is 1. The van der Waals surface area contributed by atoms with Gasteiger partial charge in [0.15, 0.2) is 0 Å². The van der Waals surface area contributed by atoms with Gasteiger partial charge in [0, 0.05) is 22.4 Å². The molecular weight excluding hydrogens is 319 g/mol. The number of aliphatic hydroxyl groups is 1. The van der Waals surface area contributed by atoms with Crippen molar-refractivity contribution in [2.75, 3.05) is 6.61 Å². The first-order chi connectivity index (χ1) is 10.0. The van der Waals surface area contributed by atoms with Crippen LogP contribution >= 0.6 is 23.1 Å². The maximum absolute atomic E-state index is 12.4. The van der Waals surface area contributed by atoms with Crippen molar-refractivity contribution in [3.63, 3.8) is 0 Å². The number of pyridine rings is 1. The SMILES string of the molecule is OCC#Cc1ccsc1CSc1ccc(C(F)(F)F)cn1. The van der Waals surface area contributed by atoms with Crippen LogP contribution in [0.4, 0.5) is 13.2 Å². The number of hydrogen-bond donors (Lipinski definition) is 1. The molecule has 0 aliphatic carbocycles. The van der Waals surface area contributed by atoms with Gasteiger partial charge in [-0.05, 0) is 23.6 Å². The van der Waals surface area contributed by atoms with Crippen LogP contribution in [-0.2, 0) is 11.9 Å². The maximum atomic E-state index is 12.4. The van der Waals surface area contributed by atoms with E-state index in [2.05, 4.69) is 16.8 Å².